The largest absolute Gasteiger partial charge is 0.480 e. The molecule has 1 rings (SSSR count). The van der Waals surface area contributed by atoms with Gasteiger partial charge in [0.25, 0.3) is 0 Å². The van der Waals surface area contributed by atoms with Crippen molar-refractivity contribution in [1.29, 1.82) is 0 Å². The molecule has 0 aliphatic carbocycles. The van der Waals surface area contributed by atoms with Gasteiger partial charge in [-0.1, -0.05) is 13.8 Å². The van der Waals surface area contributed by atoms with Gasteiger partial charge < -0.3 is 32.5 Å². The van der Waals surface area contributed by atoms with Crippen molar-refractivity contribution in [1.82, 2.24) is 10.2 Å². The zero-order valence-corrected chi connectivity index (χ0v) is 16.1. The fourth-order valence-corrected chi connectivity index (χ4v) is 3.14. The number of carbonyl (C=O) groups is 3. The average molecular weight is 384 g/mol. The van der Waals surface area contributed by atoms with E-state index in [1.54, 1.807) is 0 Å². The second kappa shape index (κ2) is 10.7. The average Bonchev–Trinajstić information content (AvgIpc) is 3.05. The Hall–Kier alpha value is -2.36. The van der Waals surface area contributed by atoms with Crippen molar-refractivity contribution in [2.24, 2.45) is 28.1 Å². The van der Waals surface area contributed by atoms with Gasteiger partial charge in [0.1, 0.15) is 12.1 Å². The summed E-state index contributed by atoms with van der Waals surface area (Å²) in [4.78, 5) is 41.8. The molecule has 0 radical (unpaired) electrons. The predicted molar refractivity (Wildman–Crippen MR) is 102 cm³/mol. The number of guanidine groups is 1. The highest BCUT2D eigenvalue weighted by atomic mass is 16.4. The summed E-state index contributed by atoms with van der Waals surface area (Å²) in [7, 11) is 0. The number of carboxylic acid groups (broad SMARTS) is 1. The van der Waals surface area contributed by atoms with Gasteiger partial charge >= 0.3 is 5.97 Å². The standard InChI is InChI=1S/C17H32N6O4/c1-10(2)9-11(18)14(24)22-12(5-3-7-21-17(19)20)15(25)23-8-4-6-13(23)16(26)27/h10-13H,3-9,18H2,1-2H3,(H,22,24)(H,26,27)(H4,19,20,21)/t11-,12-,13+/m0/s1. The Labute approximate surface area is 159 Å². The van der Waals surface area contributed by atoms with E-state index in [9.17, 15) is 19.5 Å². The third-order valence-electron chi connectivity index (χ3n) is 4.44. The number of hydrogen-bond acceptors (Lipinski definition) is 5. The van der Waals surface area contributed by atoms with Crippen LogP contribution in [0.25, 0.3) is 0 Å². The van der Waals surface area contributed by atoms with Gasteiger partial charge in [0.15, 0.2) is 5.96 Å². The SMILES string of the molecule is CC(C)C[C@H](N)C(=O)N[C@@H](CCCN=C(N)N)C(=O)N1CCC[C@@H]1C(=O)O. The zero-order chi connectivity index (χ0) is 20.6. The van der Waals surface area contributed by atoms with E-state index in [1.165, 1.54) is 4.90 Å². The Bertz CT molecular complexity index is 562. The molecule has 154 valence electrons. The van der Waals surface area contributed by atoms with Gasteiger partial charge in [-0.05, 0) is 38.0 Å². The lowest BCUT2D eigenvalue weighted by Gasteiger charge is -2.28. The molecule has 0 spiro atoms. The van der Waals surface area contributed by atoms with E-state index < -0.39 is 35.9 Å². The van der Waals surface area contributed by atoms with E-state index in [0.717, 1.165) is 0 Å². The summed E-state index contributed by atoms with van der Waals surface area (Å²) < 4.78 is 0. The number of nitrogens with two attached hydrogens (primary N) is 3. The lowest BCUT2D eigenvalue weighted by Crippen LogP contribution is -2.54. The number of carboxylic acids is 1. The van der Waals surface area contributed by atoms with Crippen LogP contribution in [-0.4, -0.2) is 65.0 Å². The maximum absolute atomic E-state index is 12.9. The molecule has 10 nitrogen and oxygen atoms in total. The van der Waals surface area contributed by atoms with Crippen molar-refractivity contribution < 1.29 is 19.5 Å². The van der Waals surface area contributed by atoms with E-state index in [0.29, 0.717) is 45.2 Å². The van der Waals surface area contributed by atoms with Crippen LogP contribution in [0.15, 0.2) is 4.99 Å². The van der Waals surface area contributed by atoms with Gasteiger partial charge in [-0.2, -0.15) is 0 Å². The fraction of sp³-hybridized carbons (Fsp3) is 0.765. The van der Waals surface area contributed by atoms with Crippen molar-refractivity contribution in [3.05, 3.63) is 0 Å². The van der Waals surface area contributed by atoms with Crippen LogP contribution < -0.4 is 22.5 Å². The Balaban J connectivity index is 2.82. The van der Waals surface area contributed by atoms with Crippen LogP contribution >= 0.6 is 0 Å². The van der Waals surface area contributed by atoms with Crippen molar-refractivity contribution in [3.8, 4) is 0 Å². The number of aliphatic carboxylic acids is 1. The normalized spacial score (nSPS) is 18.8. The first-order valence-electron chi connectivity index (χ1n) is 9.28. The number of likely N-dealkylation sites (tertiary alicyclic amines) is 1. The second-order valence-electron chi connectivity index (χ2n) is 7.27. The molecule has 2 amide bonds. The highest BCUT2D eigenvalue weighted by molar-refractivity contribution is 5.92. The predicted octanol–water partition coefficient (Wildman–Crippen LogP) is -1.03. The number of nitrogens with zero attached hydrogens (tertiary/aromatic N) is 2. The minimum Gasteiger partial charge on any atom is -0.480 e. The smallest absolute Gasteiger partial charge is 0.326 e. The molecule has 0 unspecified atom stereocenters. The van der Waals surface area contributed by atoms with Gasteiger partial charge in [-0.15, -0.1) is 0 Å². The molecular weight excluding hydrogens is 352 g/mol. The molecule has 10 heteroatoms. The van der Waals surface area contributed by atoms with Gasteiger partial charge in [0, 0.05) is 13.1 Å². The van der Waals surface area contributed by atoms with E-state index in [1.807, 2.05) is 13.8 Å². The molecule has 27 heavy (non-hydrogen) atoms. The molecule has 0 aromatic heterocycles. The topological polar surface area (TPSA) is 177 Å². The Morgan fingerprint density at radius 1 is 1.30 bits per heavy atom. The number of hydrogen-bond donors (Lipinski definition) is 5. The minimum atomic E-state index is -1.04. The number of amides is 2. The molecule has 0 aromatic rings. The van der Waals surface area contributed by atoms with Gasteiger partial charge in [-0.25, -0.2) is 4.79 Å². The molecule has 1 aliphatic heterocycles. The second-order valence-corrected chi connectivity index (χ2v) is 7.27. The monoisotopic (exact) mass is 384 g/mol. The minimum absolute atomic E-state index is 0.0497. The molecule has 0 bridgehead atoms. The van der Waals surface area contributed by atoms with Crippen molar-refractivity contribution in [2.45, 2.75) is 64.1 Å². The number of rotatable bonds is 10. The number of carbonyl (C=O) groups excluding carboxylic acids is 2. The van der Waals surface area contributed by atoms with E-state index in [4.69, 9.17) is 17.2 Å². The molecule has 0 saturated carbocycles. The van der Waals surface area contributed by atoms with Gasteiger partial charge in [-0.3, -0.25) is 14.6 Å². The zero-order valence-electron chi connectivity index (χ0n) is 16.1. The van der Waals surface area contributed by atoms with Crippen LogP contribution in [0.2, 0.25) is 0 Å². The highest BCUT2D eigenvalue weighted by Crippen LogP contribution is 2.19. The van der Waals surface area contributed by atoms with Crippen molar-refractivity contribution in [2.75, 3.05) is 13.1 Å². The summed E-state index contributed by atoms with van der Waals surface area (Å²) in [5.41, 5.74) is 16.5. The first-order chi connectivity index (χ1) is 12.6. The van der Waals surface area contributed by atoms with Crippen LogP contribution in [0.5, 0.6) is 0 Å². The summed E-state index contributed by atoms with van der Waals surface area (Å²) in [6, 6.07) is -2.45. The Kier molecular flexibility index (Phi) is 8.99. The van der Waals surface area contributed by atoms with E-state index >= 15 is 0 Å². The van der Waals surface area contributed by atoms with Crippen molar-refractivity contribution >= 4 is 23.7 Å². The van der Waals surface area contributed by atoms with Crippen molar-refractivity contribution in [3.63, 3.8) is 0 Å². The van der Waals surface area contributed by atoms with Crippen LogP contribution in [0.3, 0.4) is 0 Å². The lowest BCUT2D eigenvalue weighted by molar-refractivity contribution is -0.149. The number of aliphatic imine (C=N–C) groups is 1. The lowest BCUT2D eigenvalue weighted by atomic mass is 10.0. The summed E-state index contributed by atoms with van der Waals surface area (Å²) in [6.07, 6.45) is 2.26. The van der Waals surface area contributed by atoms with Crippen LogP contribution in [-0.2, 0) is 14.4 Å². The maximum atomic E-state index is 12.9. The maximum Gasteiger partial charge on any atom is 0.326 e. The highest BCUT2D eigenvalue weighted by Gasteiger charge is 2.37. The summed E-state index contributed by atoms with van der Waals surface area (Å²) in [5, 5.41) is 12.0. The Morgan fingerprint density at radius 2 is 1.96 bits per heavy atom. The molecule has 1 heterocycles. The van der Waals surface area contributed by atoms with E-state index in [-0.39, 0.29) is 11.9 Å². The molecule has 8 N–H and O–H groups in total. The quantitative estimate of drug-likeness (QED) is 0.182. The summed E-state index contributed by atoms with van der Waals surface area (Å²) >= 11 is 0. The van der Waals surface area contributed by atoms with Gasteiger partial charge in [0.2, 0.25) is 11.8 Å². The summed E-state index contributed by atoms with van der Waals surface area (Å²) in [5.74, 6) is -1.68. The third-order valence-corrected chi connectivity index (χ3v) is 4.44. The molecular formula is C17H32N6O4. The third kappa shape index (κ3) is 7.41. The fourth-order valence-electron chi connectivity index (χ4n) is 3.14. The first-order valence-corrected chi connectivity index (χ1v) is 9.28. The van der Waals surface area contributed by atoms with Crippen LogP contribution in [0, 0.1) is 5.92 Å². The van der Waals surface area contributed by atoms with Crippen LogP contribution in [0.4, 0.5) is 0 Å². The Morgan fingerprint density at radius 3 is 2.52 bits per heavy atom. The molecule has 1 aliphatic rings. The molecule has 1 saturated heterocycles. The molecule has 0 aromatic carbocycles. The number of nitrogens with one attached hydrogen (secondary N) is 1. The summed E-state index contributed by atoms with van der Waals surface area (Å²) in [6.45, 7) is 4.57. The van der Waals surface area contributed by atoms with E-state index in [2.05, 4.69) is 10.3 Å². The van der Waals surface area contributed by atoms with Gasteiger partial charge in [0.05, 0.1) is 6.04 Å². The first kappa shape index (κ1) is 22.7. The molecule has 1 fully saturated rings. The van der Waals surface area contributed by atoms with Crippen LogP contribution in [0.1, 0.15) is 46.0 Å². The molecule has 3 atom stereocenters.